The Labute approximate surface area is 158 Å². The molecular weight excluding hydrogens is 375 g/mol. The number of likely N-dealkylation sites (tertiary alicyclic amines) is 1. The van der Waals surface area contributed by atoms with Gasteiger partial charge in [-0.05, 0) is 37.5 Å². The number of amides is 1. The number of nitrogens with zero attached hydrogens (tertiary/aromatic N) is 3. The fourth-order valence-corrected chi connectivity index (χ4v) is 3.61. The monoisotopic (exact) mass is 393 g/mol. The van der Waals surface area contributed by atoms with Gasteiger partial charge in [-0.1, -0.05) is 6.07 Å². The first-order valence-electron chi connectivity index (χ1n) is 9.03. The molecule has 2 aromatic rings. The van der Waals surface area contributed by atoms with Crippen molar-refractivity contribution in [2.45, 2.75) is 31.4 Å². The van der Waals surface area contributed by atoms with Gasteiger partial charge in [-0.15, -0.1) is 0 Å². The van der Waals surface area contributed by atoms with E-state index < -0.39 is 23.6 Å². The maximum Gasteiger partial charge on any atom is 0.416 e. The van der Waals surface area contributed by atoms with Crippen molar-refractivity contribution in [1.29, 1.82) is 0 Å². The molecule has 1 saturated carbocycles. The van der Waals surface area contributed by atoms with E-state index in [0.29, 0.717) is 24.2 Å². The van der Waals surface area contributed by atoms with Crippen LogP contribution in [0.3, 0.4) is 0 Å². The molecular formula is C19H18F3N3O3. The first-order valence-corrected chi connectivity index (χ1v) is 9.03. The zero-order valence-corrected chi connectivity index (χ0v) is 14.8. The third kappa shape index (κ3) is 3.36. The lowest BCUT2D eigenvalue weighted by atomic mass is 10.1. The van der Waals surface area contributed by atoms with Gasteiger partial charge in [0.05, 0.1) is 34.6 Å². The van der Waals surface area contributed by atoms with Crippen LogP contribution in [0.1, 0.15) is 46.8 Å². The molecule has 2 fully saturated rings. The summed E-state index contributed by atoms with van der Waals surface area (Å²) in [7, 11) is 0. The number of halogens is 3. The van der Waals surface area contributed by atoms with E-state index in [9.17, 15) is 22.8 Å². The van der Waals surface area contributed by atoms with Gasteiger partial charge in [0.1, 0.15) is 0 Å². The minimum Gasteiger partial charge on any atom is -0.481 e. The Bertz CT molecular complexity index is 934. The van der Waals surface area contributed by atoms with Crippen molar-refractivity contribution in [1.82, 2.24) is 14.7 Å². The van der Waals surface area contributed by atoms with Crippen LogP contribution in [-0.4, -0.2) is 44.8 Å². The van der Waals surface area contributed by atoms with Gasteiger partial charge in [-0.2, -0.15) is 18.3 Å². The number of hydrogen-bond acceptors (Lipinski definition) is 3. The molecule has 1 atom stereocenters. The van der Waals surface area contributed by atoms with E-state index in [0.717, 1.165) is 25.0 Å². The van der Waals surface area contributed by atoms with E-state index in [-0.39, 0.29) is 24.1 Å². The third-order valence-corrected chi connectivity index (χ3v) is 5.24. The molecule has 0 spiro atoms. The number of carbonyl (C=O) groups is 2. The van der Waals surface area contributed by atoms with Crippen LogP contribution in [-0.2, 0) is 11.0 Å². The van der Waals surface area contributed by atoms with Crippen molar-refractivity contribution in [3.63, 3.8) is 0 Å². The number of carboxylic acid groups (broad SMARTS) is 1. The highest BCUT2D eigenvalue weighted by atomic mass is 19.4. The van der Waals surface area contributed by atoms with E-state index in [4.69, 9.17) is 5.11 Å². The van der Waals surface area contributed by atoms with Crippen LogP contribution < -0.4 is 0 Å². The molecule has 1 aromatic heterocycles. The maximum atomic E-state index is 13.1. The second-order valence-electron chi connectivity index (χ2n) is 7.25. The summed E-state index contributed by atoms with van der Waals surface area (Å²) in [4.78, 5) is 25.6. The lowest BCUT2D eigenvalue weighted by Crippen LogP contribution is -2.30. The number of aliphatic carboxylic acids is 1. The SMILES string of the molecule is O=C(O)C1CCN(C(=O)c2cnn(-c3cccc(C(F)(F)F)c3)c2C2CC2)C1. The van der Waals surface area contributed by atoms with Crippen molar-refractivity contribution in [3.05, 3.63) is 47.3 Å². The highest BCUT2D eigenvalue weighted by Crippen LogP contribution is 2.43. The molecule has 6 nitrogen and oxygen atoms in total. The van der Waals surface area contributed by atoms with E-state index in [1.807, 2.05) is 0 Å². The van der Waals surface area contributed by atoms with Crippen molar-refractivity contribution in [3.8, 4) is 5.69 Å². The molecule has 1 N–H and O–H groups in total. The smallest absolute Gasteiger partial charge is 0.416 e. The van der Waals surface area contributed by atoms with Crippen LogP contribution in [0.2, 0.25) is 0 Å². The molecule has 1 aliphatic heterocycles. The molecule has 148 valence electrons. The molecule has 1 aromatic carbocycles. The Morgan fingerprint density at radius 2 is 1.93 bits per heavy atom. The average molecular weight is 393 g/mol. The van der Waals surface area contributed by atoms with Crippen LogP contribution in [0.15, 0.2) is 30.5 Å². The lowest BCUT2D eigenvalue weighted by Gasteiger charge is -2.17. The van der Waals surface area contributed by atoms with Crippen LogP contribution in [0.4, 0.5) is 13.2 Å². The lowest BCUT2D eigenvalue weighted by molar-refractivity contribution is -0.141. The van der Waals surface area contributed by atoms with Crippen LogP contribution in [0.25, 0.3) is 5.69 Å². The van der Waals surface area contributed by atoms with Gasteiger partial charge < -0.3 is 10.0 Å². The van der Waals surface area contributed by atoms with E-state index in [1.165, 1.54) is 27.9 Å². The molecule has 0 bridgehead atoms. The zero-order valence-electron chi connectivity index (χ0n) is 14.8. The Kier molecular flexibility index (Phi) is 4.40. The van der Waals surface area contributed by atoms with Crippen LogP contribution in [0.5, 0.6) is 0 Å². The Morgan fingerprint density at radius 3 is 2.54 bits per heavy atom. The minimum absolute atomic E-state index is 0.0638. The molecule has 1 unspecified atom stereocenters. The topological polar surface area (TPSA) is 75.4 Å². The van der Waals surface area contributed by atoms with Gasteiger partial charge in [0.15, 0.2) is 0 Å². The highest BCUT2D eigenvalue weighted by Gasteiger charge is 2.37. The molecule has 2 heterocycles. The summed E-state index contributed by atoms with van der Waals surface area (Å²) in [6, 6.07) is 4.85. The summed E-state index contributed by atoms with van der Waals surface area (Å²) >= 11 is 0. The first-order chi connectivity index (χ1) is 13.3. The summed E-state index contributed by atoms with van der Waals surface area (Å²) in [6.07, 6.45) is -1.03. The van der Waals surface area contributed by atoms with Crippen molar-refractivity contribution in [2.75, 3.05) is 13.1 Å². The fraction of sp³-hybridized carbons (Fsp3) is 0.421. The predicted octanol–water partition coefficient (Wildman–Crippen LogP) is 3.32. The van der Waals surface area contributed by atoms with Gasteiger partial charge in [0.25, 0.3) is 5.91 Å². The van der Waals surface area contributed by atoms with Crippen molar-refractivity contribution in [2.24, 2.45) is 5.92 Å². The van der Waals surface area contributed by atoms with Gasteiger partial charge >= 0.3 is 12.1 Å². The second kappa shape index (κ2) is 6.65. The maximum absolute atomic E-state index is 13.1. The summed E-state index contributed by atoms with van der Waals surface area (Å²) < 4.78 is 40.6. The summed E-state index contributed by atoms with van der Waals surface area (Å²) in [5.41, 5.74) is 0.411. The standard InChI is InChI=1S/C19H18F3N3O3/c20-19(21,22)13-2-1-3-14(8-13)25-16(11-4-5-11)15(9-23-25)17(26)24-7-6-12(10-24)18(27)28/h1-3,8-9,11-12H,4-7,10H2,(H,27,28). The second-order valence-corrected chi connectivity index (χ2v) is 7.25. The van der Waals surface area contributed by atoms with Crippen LogP contribution >= 0.6 is 0 Å². The van der Waals surface area contributed by atoms with Gasteiger partial charge in [-0.3, -0.25) is 9.59 Å². The quantitative estimate of drug-likeness (QED) is 0.865. The van der Waals surface area contributed by atoms with Crippen molar-refractivity contribution >= 4 is 11.9 Å². The summed E-state index contributed by atoms with van der Waals surface area (Å²) in [5, 5.41) is 13.3. The highest BCUT2D eigenvalue weighted by molar-refractivity contribution is 5.96. The summed E-state index contributed by atoms with van der Waals surface area (Å²) in [5.74, 6) is -1.78. The molecule has 0 radical (unpaired) electrons. The van der Waals surface area contributed by atoms with E-state index in [2.05, 4.69) is 5.10 Å². The van der Waals surface area contributed by atoms with Gasteiger partial charge in [-0.25, -0.2) is 4.68 Å². The summed E-state index contributed by atoms with van der Waals surface area (Å²) in [6.45, 7) is 0.474. The molecule has 4 rings (SSSR count). The molecule has 1 amide bonds. The number of hydrogen-bond donors (Lipinski definition) is 1. The number of carbonyl (C=O) groups excluding carboxylic acids is 1. The number of benzene rings is 1. The molecule has 9 heteroatoms. The number of aromatic nitrogens is 2. The third-order valence-electron chi connectivity index (χ3n) is 5.24. The van der Waals surface area contributed by atoms with E-state index >= 15 is 0 Å². The Morgan fingerprint density at radius 1 is 1.18 bits per heavy atom. The van der Waals surface area contributed by atoms with Gasteiger partial charge in [0.2, 0.25) is 0 Å². The van der Waals surface area contributed by atoms with E-state index in [1.54, 1.807) is 0 Å². The first kappa shape index (κ1) is 18.5. The molecule has 1 saturated heterocycles. The normalized spacial score (nSPS) is 19.8. The number of rotatable bonds is 4. The van der Waals surface area contributed by atoms with Crippen LogP contribution in [0, 0.1) is 5.92 Å². The Hall–Kier alpha value is -2.84. The predicted molar refractivity (Wildman–Crippen MR) is 92.2 cm³/mol. The molecule has 28 heavy (non-hydrogen) atoms. The van der Waals surface area contributed by atoms with Crippen molar-refractivity contribution < 1.29 is 27.9 Å². The number of alkyl halides is 3. The van der Waals surface area contributed by atoms with Gasteiger partial charge in [0, 0.05) is 19.0 Å². The Balaban J connectivity index is 1.68. The minimum atomic E-state index is -4.47. The average Bonchev–Trinajstić information content (AvgIpc) is 3.20. The number of carboxylic acids is 1. The zero-order chi connectivity index (χ0) is 20.1. The largest absolute Gasteiger partial charge is 0.481 e. The molecule has 2 aliphatic rings. The fourth-order valence-electron chi connectivity index (χ4n) is 3.61. The molecule has 1 aliphatic carbocycles.